The van der Waals surface area contributed by atoms with Crippen molar-refractivity contribution >= 4 is 0 Å². The lowest BCUT2D eigenvalue weighted by Gasteiger charge is -2.17. The summed E-state index contributed by atoms with van der Waals surface area (Å²) in [5, 5.41) is 9.19. The molecule has 1 rings (SSSR count). The number of hydrogen-bond donors (Lipinski definition) is 1. The summed E-state index contributed by atoms with van der Waals surface area (Å²) in [6.45, 7) is 0.351. The molecule has 1 aromatic carbocycles. The van der Waals surface area contributed by atoms with E-state index in [1.54, 1.807) is 30.1 Å². The zero-order chi connectivity index (χ0) is 12.2. The topological polar surface area (TPSA) is 23.5 Å². The number of phenolic OH excluding ortho intramolecular Hbond substituents is 1. The number of benzene rings is 1. The molecule has 0 atom stereocenters. The first-order chi connectivity index (χ1) is 7.37. The molecule has 0 unspecified atom stereocenters. The second-order valence-corrected chi connectivity index (χ2v) is 3.77. The third-order valence-electron chi connectivity index (χ3n) is 2.14. The van der Waals surface area contributed by atoms with Crippen LogP contribution in [-0.4, -0.2) is 29.8 Å². The highest BCUT2D eigenvalue weighted by Crippen LogP contribution is 2.20. The summed E-state index contributed by atoms with van der Waals surface area (Å²) in [4.78, 5) is 1.57. The molecule has 0 radical (unpaired) electrons. The van der Waals surface area contributed by atoms with Crippen LogP contribution in [0.2, 0.25) is 0 Å². The molecule has 1 N–H and O–H groups in total. The van der Waals surface area contributed by atoms with Crippen LogP contribution in [0.1, 0.15) is 12.0 Å². The van der Waals surface area contributed by atoms with Gasteiger partial charge < -0.3 is 10.0 Å². The van der Waals surface area contributed by atoms with Crippen molar-refractivity contribution in [2.24, 2.45) is 0 Å². The molecule has 0 fully saturated rings. The highest BCUT2D eigenvalue weighted by atomic mass is 19.4. The monoisotopic (exact) mass is 233 g/mol. The van der Waals surface area contributed by atoms with Crippen molar-refractivity contribution in [3.63, 3.8) is 0 Å². The maximum atomic E-state index is 12.0. The lowest BCUT2D eigenvalue weighted by atomic mass is 10.2. The lowest BCUT2D eigenvalue weighted by Crippen LogP contribution is -2.24. The number of alkyl halides is 3. The predicted molar refractivity (Wildman–Crippen MR) is 55.1 cm³/mol. The Labute approximate surface area is 92.3 Å². The SMILES string of the molecule is CN(CCC(F)(F)F)Cc1cccc(O)c1. The van der Waals surface area contributed by atoms with Gasteiger partial charge in [0.2, 0.25) is 0 Å². The van der Waals surface area contributed by atoms with Crippen molar-refractivity contribution in [1.82, 2.24) is 4.90 Å². The third-order valence-corrected chi connectivity index (χ3v) is 2.14. The van der Waals surface area contributed by atoms with E-state index in [1.165, 1.54) is 6.07 Å². The minimum atomic E-state index is -4.12. The van der Waals surface area contributed by atoms with Crippen LogP contribution in [0.5, 0.6) is 5.75 Å². The fourth-order valence-electron chi connectivity index (χ4n) is 1.36. The van der Waals surface area contributed by atoms with Gasteiger partial charge in [0.1, 0.15) is 5.75 Å². The number of hydrogen-bond acceptors (Lipinski definition) is 2. The van der Waals surface area contributed by atoms with E-state index < -0.39 is 12.6 Å². The standard InChI is InChI=1S/C11H14F3NO/c1-15(6-5-11(12,13)14)8-9-3-2-4-10(16)7-9/h2-4,7,16H,5-6,8H2,1H3. The molecule has 90 valence electrons. The Kier molecular flexibility index (Phi) is 4.18. The molecule has 0 spiro atoms. The normalized spacial score (nSPS) is 12.1. The lowest BCUT2D eigenvalue weighted by molar-refractivity contribution is -0.137. The molecular weight excluding hydrogens is 219 g/mol. The molecule has 1 aromatic rings. The summed E-state index contributed by atoms with van der Waals surface area (Å²) < 4.78 is 35.9. The molecule has 0 saturated carbocycles. The molecule has 16 heavy (non-hydrogen) atoms. The van der Waals surface area contributed by atoms with Gasteiger partial charge in [-0.15, -0.1) is 0 Å². The number of halogens is 3. The second-order valence-electron chi connectivity index (χ2n) is 3.77. The summed E-state index contributed by atoms with van der Waals surface area (Å²) in [7, 11) is 1.62. The van der Waals surface area contributed by atoms with Crippen molar-refractivity contribution in [1.29, 1.82) is 0 Å². The molecule has 0 saturated heterocycles. The maximum Gasteiger partial charge on any atom is 0.390 e. The third kappa shape index (κ3) is 5.02. The first-order valence-corrected chi connectivity index (χ1v) is 4.90. The molecule has 0 aliphatic heterocycles. The molecule has 0 aromatic heterocycles. The number of aromatic hydroxyl groups is 1. The number of phenols is 1. The summed E-state index contributed by atoms with van der Waals surface area (Å²) in [5.74, 6) is 0.127. The van der Waals surface area contributed by atoms with Gasteiger partial charge in [-0.05, 0) is 24.7 Å². The first kappa shape index (κ1) is 12.8. The van der Waals surface area contributed by atoms with Gasteiger partial charge in [0, 0.05) is 13.1 Å². The second kappa shape index (κ2) is 5.21. The van der Waals surface area contributed by atoms with Crippen LogP contribution >= 0.6 is 0 Å². The Morgan fingerprint density at radius 2 is 2.00 bits per heavy atom. The Hall–Kier alpha value is -1.23. The summed E-state index contributed by atoms with van der Waals surface area (Å²) in [5.41, 5.74) is 0.796. The van der Waals surface area contributed by atoms with Crippen LogP contribution < -0.4 is 0 Å². The van der Waals surface area contributed by atoms with Gasteiger partial charge in [-0.2, -0.15) is 13.2 Å². The van der Waals surface area contributed by atoms with E-state index in [2.05, 4.69) is 0 Å². The van der Waals surface area contributed by atoms with Gasteiger partial charge in [0.15, 0.2) is 0 Å². The van der Waals surface area contributed by atoms with Gasteiger partial charge in [0.25, 0.3) is 0 Å². The average Bonchev–Trinajstić information content (AvgIpc) is 2.14. The molecule has 0 bridgehead atoms. The Morgan fingerprint density at radius 3 is 2.56 bits per heavy atom. The highest BCUT2D eigenvalue weighted by Gasteiger charge is 2.26. The van der Waals surface area contributed by atoms with E-state index in [4.69, 9.17) is 0 Å². The molecule has 0 heterocycles. The summed E-state index contributed by atoms with van der Waals surface area (Å²) in [6, 6.07) is 6.51. The van der Waals surface area contributed by atoms with Crippen molar-refractivity contribution < 1.29 is 18.3 Å². The van der Waals surface area contributed by atoms with E-state index in [0.717, 1.165) is 5.56 Å². The van der Waals surface area contributed by atoms with E-state index in [0.29, 0.717) is 6.54 Å². The largest absolute Gasteiger partial charge is 0.508 e. The summed E-state index contributed by atoms with van der Waals surface area (Å²) in [6.07, 6.45) is -4.94. The summed E-state index contributed by atoms with van der Waals surface area (Å²) >= 11 is 0. The van der Waals surface area contributed by atoms with Crippen molar-refractivity contribution in [2.75, 3.05) is 13.6 Å². The fraction of sp³-hybridized carbons (Fsp3) is 0.455. The van der Waals surface area contributed by atoms with Crippen LogP contribution in [0.3, 0.4) is 0 Å². The minimum absolute atomic E-state index is 0.0425. The predicted octanol–water partition coefficient (Wildman–Crippen LogP) is 2.78. The molecule has 0 aliphatic carbocycles. The van der Waals surface area contributed by atoms with E-state index in [9.17, 15) is 18.3 Å². The van der Waals surface area contributed by atoms with Crippen LogP contribution in [-0.2, 0) is 6.54 Å². The van der Waals surface area contributed by atoms with E-state index >= 15 is 0 Å². The van der Waals surface area contributed by atoms with Crippen LogP contribution in [0.25, 0.3) is 0 Å². The van der Waals surface area contributed by atoms with Gasteiger partial charge in [0.05, 0.1) is 6.42 Å². The first-order valence-electron chi connectivity index (χ1n) is 4.90. The van der Waals surface area contributed by atoms with Crippen LogP contribution in [0.4, 0.5) is 13.2 Å². The van der Waals surface area contributed by atoms with Crippen LogP contribution in [0, 0.1) is 0 Å². The molecular formula is C11H14F3NO. The molecule has 0 aliphatic rings. The maximum absolute atomic E-state index is 12.0. The van der Waals surface area contributed by atoms with Crippen molar-refractivity contribution in [3.05, 3.63) is 29.8 Å². The smallest absolute Gasteiger partial charge is 0.390 e. The van der Waals surface area contributed by atoms with Crippen molar-refractivity contribution in [3.8, 4) is 5.75 Å². The number of rotatable bonds is 4. The van der Waals surface area contributed by atoms with Crippen molar-refractivity contribution in [2.45, 2.75) is 19.1 Å². The Balaban J connectivity index is 2.43. The van der Waals surface area contributed by atoms with E-state index in [-0.39, 0.29) is 12.3 Å². The Bertz CT molecular complexity index is 338. The Morgan fingerprint density at radius 1 is 1.31 bits per heavy atom. The van der Waals surface area contributed by atoms with Crippen LogP contribution in [0.15, 0.2) is 24.3 Å². The molecule has 2 nitrogen and oxygen atoms in total. The molecule has 5 heteroatoms. The minimum Gasteiger partial charge on any atom is -0.508 e. The molecule has 0 amide bonds. The fourth-order valence-corrected chi connectivity index (χ4v) is 1.36. The highest BCUT2D eigenvalue weighted by molar-refractivity contribution is 5.26. The zero-order valence-electron chi connectivity index (χ0n) is 8.96. The average molecular weight is 233 g/mol. The van der Waals surface area contributed by atoms with Gasteiger partial charge in [-0.3, -0.25) is 0 Å². The van der Waals surface area contributed by atoms with Gasteiger partial charge >= 0.3 is 6.18 Å². The van der Waals surface area contributed by atoms with Gasteiger partial charge in [-0.25, -0.2) is 0 Å². The van der Waals surface area contributed by atoms with E-state index in [1.807, 2.05) is 0 Å². The quantitative estimate of drug-likeness (QED) is 0.864. The number of nitrogens with zero attached hydrogens (tertiary/aromatic N) is 1. The zero-order valence-corrected chi connectivity index (χ0v) is 8.96. The van der Waals surface area contributed by atoms with Gasteiger partial charge in [-0.1, -0.05) is 12.1 Å².